The first-order chi connectivity index (χ1) is 8.33. The van der Waals surface area contributed by atoms with E-state index >= 15 is 0 Å². The molecule has 0 unspecified atom stereocenters. The molecule has 2 rings (SSSR count). The molecule has 0 atom stereocenters. The quantitative estimate of drug-likeness (QED) is 0.742. The summed E-state index contributed by atoms with van der Waals surface area (Å²) in [6.07, 6.45) is 3.20. The minimum Gasteiger partial charge on any atom is -0.294 e. The average molecular weight is 225 g/mol. The Kier molecular flexibility index (Phi) is 3.66. The van der Waals surface area contributed by atoms with Crippen LogP contribution in [0.3, 0.4) is 0 Å². The lowest BCUT2D eigenvalue weighted by Crippen LogP contribution is -2.01. The second-order valence-electron chi connectivity index (χ2n) is 3.93. The summed E-state index contributed by atoms with van der Waals surface area (Å²) in [7, 11) is 0. The lowest BCUT2D eigenvalue weighted by atomic mass is 9.98. The number of rotatable bonds is 4. The molecule has 1 aromatic carbocycles. The highest BCUT2D eigenvalue weighted by atomic mass is 16.1. The molecule has 2 nitrogen and oxygen atoms in total. The largest absolute Gasteiger partial charge is 0.294 e. The molecule has 0 aliphatic carbocycles. The van der Waals surface area contributed by atoms with E-state index in [9.17, 15) is 4.79 Å². The monoisotopic (exact) mass is 225 g/mol. The second-order valence-corrected chi connectivity index (χ2v) is 3.93. The van der Waals surface area contributed by atoms with Gasteiger partial charge in [0.05, 0.1) is 5.69 Å². The molecular formula is C15H15NO. The fourth-order valence-corrected chi connectivity index (χ4v) is 1.83. The first-order valence-electron chi connectivity index (χ1n) is 5.86. The SMILES string of the molecule is CCCC(=O)c1ccccc1-c1ccccn1. The number of hydrogen-bond acceptors (Lipinski definition) is 2. The Bertz CT molecular complexity index is 505. The molecule has 0 aliphatic heterocycles. The Morgan fingerprint density at radius 3 is 2.59 bits per heavy atom. The third-order valence-corrected chi connectivity index (χ3v) is 2.65. The van der Waals surface area contributed by atoms with Gasteiger partial charge in [-0.1, -0.05) is 37.3 Å². The third kappa shape index (κ3) is 2.59. The molecule has 0 saturated heterocycles. The first kappa shape index (κ1) is 11.5. The van der Waals surface area contributed by atoms with Crippen LogP contribution in [-0.4, -0.2) is 10.8 Å². The average Bonchev–Trinajstić information content (AvgIpc) is 2.40. The van der Waals surface area contributed by atoms with Crippen molar-refractivity contribution >= 4 is 5.78 Å². The smallest absolute Gasteiger partial charge is 0.163 e. The van der Waals surface area contributed by atoms with Crippen LogP contribution in [0, 0.1) is 0 Å². The molecule has 0 amide bonds. The van der Waals surface area contributed by atoms with Crippen molar-refractivity contribution in [1.82, 2.24) is 4.98 Å². The van der Waals surface area contributed by atoms with Gasteiger partial charge in [-0.3, -0.25) is 9.78 Å². The number of benzene rings is 1. The number of Topliss-reactive ketones (excluding diaryl/α,β-unsaturated/α-hetero) is 1. The van der Waals surface area contributed by atoms with E-state index in [0.717, 1.165) is 23.2 Å². The van der Waals surface area contributed by atoms with Gasteiger partial charge in [-0.2, -0.15) is 0 Å². The summed E-state index contributed by atoms with van der Waals surface area (Å²) in [5, 5.41) is 0. The molecule has 1 heterocycles. The van der Waals surface area contributed by atoms with Crippen LogP contribution >= 0.6 is 0 Å². The molecule has 2 aromatic rings. The highest BCUT2D eigenvalue weighted by Crippen LogP contribution is 2.22. The Balaban J connectivity index is 2.45. The molecule has 0 aliphatic rings. The van der Waals surface area contributed by atoms with Crippen LogP contribution in [0.25, 0.3) is 11.3 Å². The van der Waals surface area contributed by atoms with Crippen LogP contribution < -0.4 is 0 Å². The van der Waals surface area contributed by atoms with Crippen molar-refractivity contribution in [2.45, 2.75) is 19.8 Å². The number of hydrogen-bond donors (Lipinski definition) is 0. The van der Waals surface area contributed by atoms with Gasteiger partial charge in [-0.15, -0.1) is 0 Å². The molecule has 0 saturated carbocycles. The van der Waals surface area contributed by atoms with Crippen molar-refractivity contribution in [3.8, 4) is 11.3 Å². The van der Waals surface area contributed by atoms with Crippen molar-refractivity contribution in [2.24, 2.45) is 0 Å². The van der Waals surface area contributed by atoms with Crippen molar-refractivity contribution in [3.63, 3.8) is 0 Å². The number of carbonyl (C=O) groups is 1. The molecule has 0 radical (unpaired) electrons. The van der Waals surface area contributed by atoms with Gasteiger partial charge in [0, 0.05) is 23.7 Å². The van der Waals surface area contributed by atoms with E-state index in [0.29, 0.717) is 6.42 Å². The summed E-state index contributed by atoms with van der Waals surface area (Å²) in [4.78, 5) is 16.3. The maximum absolute atomic E-state index is 12.0. The molecule has 2 heteroatoms. The van der Waals surface area contributed by atoms with E-state index in [-0.39, 0.29) is 5.78 Å². The molecule has 0 bridgehead atoms. The van der Waals surface area contributed by atoms with Crippen molar-refractivity contribution in [2.75, 3.05) is 0 Å². The van der Waals surface area contributed by atoms with Crippen LogP contribution in [0.2, 0.25) is 0 Å². The van der Waals surface area contributed by atoms with Gasteiger partial charge < -0.3 is 0 Å². The van der Waals surface area contributed by atoms with Gasteiger partial charge in [0.15, 0.2) is 5.78 Å². The summed E-state index contributed by atoms with van der Waals surface area (Å²) >= 11 is 0. The molecule has 0 spiro atoms. The Morgan fingerprint density at radius 1 is 1.12 bits per heavy atom. The number of carbonyl (C=O) groups excluding carboxylic acids is 1. The minimum atomic E-state index is 0.189. The summed E-state index contributed by atoms with van der Waals surface area (Å²) in [5.41, 5.74) is 2.55. The zero-order valence-electron chi connectivity index (χ0n) is 9.89. The standard InChI is InChI=1S/C15H15NO/c1-2-7-15(17)13-9-4-3-8-12(13)14-10-5-6-11-16-14/h3-6,8-11H,2,7H2,1H3. The molecule has 0 fully saturated rings. The van der Waals surface area contributed by atoms with Crippen LogP contribution in [0.4, 0.5) is 0 Å². The van der Waals surface area contributed by atoms with Crippen molar-refractivity contribution in [1.29, 1.82) is 0 Å². The maximum Gasteiger partial charge on any atom is 0.163 e. The van der Waals surface area contributed by atoms with Gasteiger partial charge in [0.25, 0.3) is 0 Å². The van der Waals surface area contributed by atoms with E-state index in [2.05, 4.69) is 4.98 Å². The summed E-state index contributed by atoms with van der Waals surface area (Å²) in [5.74, 6) is 0.189. The summed E-state index contributed by atoms with van der Waals surface area (Å²) < 4.78 is 0. The van der Waals surface area contributed by atoms with Crippen LogP contribution in [0.15, 0.2) is 48.7 Å². The van der Waals surface area contributed by atoms with Gasteiger partial charge in [-0.05, 0) is 18.6 Å². The number of ketones is 1. The van der Waals surface area contributed by atoms with E-state index < -0.39 is 0 Å². The highest BCUT2D eigenvalue weighted by Gasteiger charge is 2.11. The highest BCUT2D eigenvalue weighted by molar-refractivity contribution is 6.01. The topological polar surface area (TPSA) is 30.0 Å². The number of nitrogens with zero attached hydrogens (tertiary/aromatic N) is 1. The Morgan fingerprint density at radius 2 is 1.88 bits per heavy atom. The summed E-state index contributed by atoms with van der Waals surface area (Å²) in [6, 6.07) is 13.4. The number of pyridine rings is 1. The van der Waals surface area contributed by atoms with E-state index in [4.69, 9.17) is 0 Å². The zero-order valence-corrected chi connectivity index (χ0v) is 9.89. The van der Waals surface area contributed by atoms with Crippen molar-refractivity contribution < 1.29 is 4.79 Å². The zero-order chi connectivity index (χ0) is 12.1. The summed E-state index contributed by atoms with van der Waals surface area (Å²) in [6.45, 7) is 2.02. The van der Waals surface area contributed by atoms with E-state index in [1.54, 1.807) is 6.20 Å². The van der Waals surface area contributed by atoms with Gasteiger partial charge in [-0.25, -0.2) is 0 Å². The van der Waals surface area contributed by atoms with E-state index in [1.807, 2.05) is 49.4 Å². The van der Waals surface area contributed by atoms with Gasteiger partial charge >= 0.3 is 0 Å². The fraction of sp³-hybridized carbons (Fsp3) is 0.200. The van der Waals surface area contributed by atoms with Crippen LogP contribution in [-0.2, 0) is 0 Å². The van der Waals surface area contributed by atoms with Crippen LogP contribution in [0.1, 0.15) is 30.1 Å². The van der Waals surface area contributed by atoms with Crippen LogP contribution in [0.5, 0.6) is 0 Å². The van der Waals surface area contributed by atoms with Crippen molar-refractivity contribution in [3.05, 3.63) is 54.2 Å². The molecule has 1 aromatic heterocycles. The predicted octanol–water partition coefficient (Wildman–Crippen LogP) is 3.73. The number of aromatic nitrogens is 1. The molecule has 17 heavy (non-hydrogen) atoms. The minimum absolute atomic E-state index is 0.189. The maximum atomic E-state index is 12.0. The Hall–Kier alpha value is -1.96. The van der Waals surface area contributed by atoms with E-state index in [1.165, 1.54) is 0 Å². The molecular weight excluding hydrogens is 210 g/mol. The Labute approximate surface area is 101 Å². The second kappa shape index (κ2) is 5.39. The fourth-order valence-electron chi connectivity index (χ4n) is 1.83. The molecule has 0 N–H and O–H groups in total. The first-order valence-corrected chi connectivity index (χ1v) is 5.86. The van der Waals surface area contributed by atoms with Gasteiger partial charge in [0.1, 0.15) is 0 Å². The predicted molar refractivity (Wildman–Crippen MR) is 68.9 cm³/mol. The normalized spacial score (nSPS) is 10.2. The lowest BCUT2D eigenvalue weighted by molar-refractivity contribution is 0.0982. The third-order valence-electron chi connectivity index (χ3n) is 2.65. The lowest BCUT2D eigenvalue weighted by Gasteiger charge is -2.07. The molecule has 86 valence electrons. The van der Waals surface area contributed by atoms with Gasteiger partial charge in [0.2, 0.25) is 0 Å².